The van der Waals surface area contributed by atoms with E-state index < -0.39 is 0 Å². The Morgan fingerprint density at radius 1 is 0.867 bits per heavy atom. The molecule has 1 amide bonds. The van der Waals surface area contributed by atoms with E-state index in [1.807, 2.05) is 60.7 Å². The summed E-state index contributed by atoms with van der Waals surface area (Å²) in [6.07, 6.45) is 1.77. The van der Waals surface area contributed by atoms with E-state index in [4.69, 9.17) is 9.47 Å². The van der Waals surface area contributed by atoms with E-state index in [0.29, 0.717) is 36.1 Å². The lowest BCUT2D eigenvalue weighted by Gasteiger charge is -2.13. The maximum atomic E-state index is 12.9. The van der Waals surface area contributed by atoms with Gasteiger partial charge in [0.2, 0.25) is 0 Å². The van der Waals surface area contributed by atoms with Crippen molar-refractivity contribution >= 4 is 11.6 Å². The number of hydrogen-bond donors (Lipinski definition) is 1. The van der Waals surface area contributed by atoms with E-state index in [9.17, 15) is 4.79 Å². The highest BCUT2D eigenvalue weighted by Crippen LogP contribution is 2.22. The minimum absolute atomic E-state index is 0.204. The van der Waals surface area contributed by atoms with Crippen LogP contribution in [0.15, 0.2) is 78.9 Å². The van der Waals surface area contributed by atoms with Crippen LogP contribution in [0.1, 0.15) is 36.2 Å². The van der Waals surface area contributed by atoms with Gasteiger partial charge in [-0.15, -0.1) is 0 Å². The van der Waals surface area contributed by atoms with Gasteiger partial charge in [0.1, 0.15) is 11.5 Å². The van der Waals surface area contributed by atoms with Crippen LogP contribution in [-0.2, 0) is 6.42 Å². The summed E-state index contributed by atoms with van der Waals surface area (Å²) in [5.41, 5.74) is 2.41. The summed E-state index contributed by atoms with van der Waals surface area (Å²) in [7, 11) is 0. The molecule has 1 N–H and O–H groups in total. The lowest BCUT2D eigenvalue weighted by atomic mass is 10.1. The number of benzene rings is 3. The fourth-order valence-corrected chi connectivity index (χ4v) is 2.98. The SMILES string of the molecule is CC(C)CCOc1cccc(NC(=O)c2ccccc2OCCc2ccccc2)c1. The molecular formula is C26H29NO3. The molecule has 0 atom stereocenters. The molecule has 0 radical (unpaired) electrons. The summed E-state index contributed by atoms with van der Waals surface area (Å²) in [4.78, 5) is 12.9. The van der Waals surface area contributed by atoms with Gasteiger partial charge < -0.3 is 14.8 Å². The zero-order chi connectivity index (χ0) is 21.2. The largest absolute Gasteiger partial charge is 0.494 e. The molecule has 30 heavy (non-hydrogen) atoms. The third kappa shape index (κ3) is 6.66. The van der Waals surface area contributed by atoms with Gasteiger partial charge in [-0.05, 0) is 42.2 Å². The Labute approximate surface area is 178 Å². The van der Waals surface area contributed by atoms with Crippen molar-refractivity contribution in [3.8, 4) is 11.5 Å². The van der Waals surface area contributed by atoms with Crippen LogP contribution in [0.2, 0.25) is 0 Å². The topological polar surface area (TPSA) is 47.6 Å². The number of hydrogen-bond acceptors (Lipinski definition) is 3. The number of anilines is 1. The highest BCUT2D eigenvalue weighted by atomic mass is 16.5. The molecule has 0 unspecified atom stereocenters. The van der Waals surface area contributed by atoms with Gasteiger partial charge in [0, 0.05) is 18.2 Å². The maximum Gasteiger partial charge on any atom is 0.259 e. The van der Waals surface area contributed by atoms with Crippen LogP contribution >= 0.6 is 0 Å². The third-order valence-corrected chi connectivity index (χ3v) is 4.68. The fraction of sp³-hybridized carbons (Fsp3) is 0.269. The van der Waals surface area contributed by atoms with Gasteiger partial charge in [-0.25, -0.2) is 0 Å². The molecule has 156 valence electrons. The Morgan fingerprint density at radius 3 is 2.43 bits per heavy atom. The first-order chi connectivity index (χ1) is 14.6. The molecule has 3 rings (SSSR count). The van der Waals surface area contributed by atoms with Crippen molar-refractivity contribution in [3.63, 3.8) is 0 Å². The van der Waals surface area contributed by atoms with E-state index in [0.717, 1.165) is 18.6 Å². The summed E-state index contributed by atoms with van der Waals surface area (Å²) in [6, 6.07) is 24.9. The Hall–Kier alpha value is -3.27. The minimum Gasteiger partial charge on any atom is -0.494 e. The number of carbonyl (C=O) groups excluding carboxylic acids is 1. The second-order valence-corrected chi connectivity index (χ2v) is 7.59. The van der Waals surface area contributed by atoms with Crippen molar-refractivity contribution in [1.29, 1.82) is 0 Å². The quantitative estimate of drug-likeness (QED) is 0.453. The first kappa shape index (κ1) is 21.4. The number of rotatable bonds is 10. The molecule has 4 nitrogen and oxygen atoms in total. The molecule has 0 aliphatic heterocycles. The lowest BCUT2D eigenvalue weighted by molar-refractivity contribution is 0.102. The highest BCUT2D eigenvalue weighted by Gasteiger charge is 2.13. The number of carbonyl (C=O) groups is 1. The number of para-hydroxylation sites is 1. The molecule has 0 aliphatic carbocycles. The minimum atomic E-state index is -0.204. The Balaban J connectivity index is 1.60. The molecule has 0 saturated carbocycles. The van der Waals surface area contributed by atoms with E-state index in [-0.39, 0.29) is 5.91 Å². The van der Waals surface area contributed by atoms with E-state index in [1.165, 1.54) is 5.56 Å². The monoisotopic (exact) mass is 403 g/mol. The lowest BCUT2D eigenvalue weighted by Crippen LogP contribution is -2.14. The first-order valence-electron chi connectivity index (χ1n) is 10.4. The average Bonchev–Trinajstić information content (AvgIpc) is 2.75. The summed E-state index contributed by atoms with van der Waals surface area (Å²) < 4.78 is 11.7. The molecule has 0 bridgehead atoms. The van der Waals surface area contributed by atoms with E-state index >= 15 is 0 Å². The molecule has 3 aromatic carbocycles. The van der Waals surface area contributed by atoms with Crippen LogP contribution in [0.5, 0.6) is 11.5 Å². The predicted molar refractivity (Wildman–Crippen MR) is 121 cm³/mol. The van der Waals surface area contributed by atoms with Crippen molar-refractivity contribution in [3.05, 3.63) is 90.0 Å². The molecule has 3 aromatic rings. The molecule has 0 aliphatic rings. The van der Waals surface area contributed by atoms with Crippen molar-refractivity contribution in [1.82, 2.24) is 0 Å². The molecule has 0 fully saturated rings. The predicted octanol–water partition coefficient (Wildman–Crippen LogP) is 5.99. The van der Waals surface area contributed by atoms with E-state index in [1.54, 1.807) is 6.07 Å². The normalized spacial score (nSPS) is 10.6. The molecule has 0 saturated heterocycles. The van der Waals surface area contributed by atoms with Crippen molar-refractivity contribution < 1.29 is 14.3 Å². The summed E-state index contributed by atoms with van der Waals surface area (Å²) >= 11 is 0. The molecule has 0 aromatic heterocycles. The fourth-order valence-electron chi connectivity index (χ4n) is 2.98. The van der Waals surface area contributed by atoms with Gasteiger partial charge >= 0.3 is 0 Å². The van der Waals surface area contributed by atoms with Crippen LogP contribution in [-0.4, -0.2) is 19.1 Å². The number of amides is 1. The van der Waals surface area contributed by atoms with Gasteiger partial charge in [-0.1, -0.05) is 62.4 Å². The Kier molecular flexibility index (Phi) is 7.90. The van der Waals surface area contributed by atoms with Gasteiger partial charge in [0.15, 0.2) is 0 Å². The van der Waals surface area contributed by atoms with Crippen LogP contribution < -0.4 is 14.8 Å². The van der Waals surface area contributed by atoms with Crippen LogP contribution in [0, 0.1) is 5.92 Å². The second-order valence-electron chi connectivity index (χ2n) is 7.59. The zero-order valence-electron chi connectivity index (χ0n) is 17.6. The van der Waals surface area contributed by atoms with Crippen LogP contribution in [0.3, 0.4) is 0 Å². The van der Waals surface area contributed by atoms with Crippen LogP contribution in [0.4, 0.5) is 5.69 Å². The second kappa shape index (κ2) is 11.1. The maximum absolute atomic E-state index is 12.9. The molecule has 0 spiro atoms. The molecular weight excluding hydrogens is 374 g/mol. The summed E-state index contributed by atoms with van der Waals surface area (Å²) in [5, 5.41) is 2.95. The van der Waals surface area contributed by atoms with Gasteiger partial charge in [-0.2, -0.15) is 0 Å². The van der Waals surface area contributed by atoms with Crippen molar-refractivity contribution in [2.75, 3.05) is 18.5 Å². The molecule has 0 heterocycles. The van der Waals surface area contributed by atoms with Gasteiger partial charge in [-0.3, -0.25) is 4.79 Å². The Morgan fingerprint density at radius 2 is 1.63 bits per heavy atom. The summed E-state index contributed by atoms with van der Waals surface area (Å²) in [6.45, 7) is 5.50. The molecule has 4 heteroatoms. The number of ether oxygens (including phenoxy) is 2. The van der Waals surface area contributed by atoms with Crippen LogP contribution in [0.25, 0.3) is 0 Å². The number of nitrogens with one attached hydrogen (secondary N) is 1. The van der Waals surface area contributed by atoms with Gasteiger partial charge in [0.05, 0.1) is 18.8 Å². The van der Waals surface area contributed by atoms with Crippen molar-refractivity contribution in [2.45, 2.75) is 26.7 Å². The smallest absolute Gasteiger partial charge is 0.259 e. The van der Waals surface area contributed by atoms with Gasteiger partial charge in [0.25, 0.3) is 5.91 Å². The van der Waals surface area contributed by atoms with Crippen molar-refractivity contribution in [2.24, 2.45) is 5.92 Å². The average molecular weight is 404 g/mol. The highest BCUT2D eigenvalue weighted by molar-refractivity contribution is 6.06. The standard InChI is InChI=1S/C26H29NO3/c1-20(2)15-17-29-23-12-8-11-22(19-23)27-26(28)24-13-6-7-14-25(24)30-18-16-21-9-4-3-5-10-21/h3-14,19-20H,15-18H2,1-2H3,(H,27,28). The first-order valence-corrected chi connectivity index (χ1v) is 10.4. The Bertz CT molecular complexity index is 938. The summed E-state index contributed by atoms with van der Waals surface area (Å²) in [5.74, 6) is 1.71. The van der Waals surface area contributed by atoms with E-state index in [2.05, 4.69) is 31.3 Å². The third-order valence-electron chi connectivity index (χ3n) is 4.68. The zero-order valence-corrected chi connectivity index (χ0v) is 17.6.